The van der Waals surface area contributed by atoms with Crippen LogP contribution in [-0.2, 0) is 16.0 Å². The maximum atomic E-state index is 12.2. The van der Waals surface area contributed by atoms with Crippen LogP contribution in [-0.4, -0.2) is 37.4 Å². The average Bonchev–Trinajstić information content (AvgIpc) is 2.71. The molecule has 0 aliphatic rings. The normalized spacial score (nSPS) is 11.4. The molecule has 2 rings (SSSR count). The average molecular weight is 398 g/mol. The van der Waals surface area contributed by atoms with Gasteiger partial charge in [-0.05, 0) is 37.1 Å². The summed E-state index contributed by atoms with van der Waals surface area (Å²) in [6, 6.07) is 13.5. The van der Waals surface area contributed by atoms with Gasteiger partial charge < -0.3 is 20.5 Å². The Morgan fingerprint density at radius 3 is 2.41 bits per heavy atom. The van der Waals surface area contributed by atoms with Gasteiger partial charge in [0, 0.05) is 18.4 Å². The number of benzene rings is 2. The number of ether oxygens (including phenoxy) is 2. The lowest BCUT2D eigenvalue weighted by atomic mass is 10.1. The standard InChI is InChI=1S/C22H26N2O5/c1-15(25)17-10-11-19(20(14-17)28-2)29-12-6-9-21(26)24-18(22(23)27)13-16-7-4-3-5-8-16/h3-5,7-8,10-11,14,18H,6,9,12-13H2,1-2H3,(H2,23,27)(H,24,26). The van der Waals surface area contributed by atoms with Gasteiger partial charge in [-0.25, -0.2) is 0 Å². The number of hydrogen-bond acceptors (Lipinski definition) is 5. The lowest BCUT2D eigenvalue weighted by Gasteiger charge is -2.16. The third-order valence-corrected chi connectivity index (χ3v) is 4.34. The fourth-order valence-electron chi connectivity index (χ4n) is 2.76. The minimum atomic E-state index is -0.759. The molecule has 154 valence electrons. The zero-order valence-corrected chi connectivity index (χ0v) is 16.6. The van der Waals surface area contributed by atoms with Crippen LogP contribution in [0.2, 0.25) is 0 Å². The molecule has 2 amide bonds. The highest BCUT2D eigenvalue weighted by atomic mass is 16.5. The van der Waals surface area contributed by atoms with Gasteiger partial charge in [-0.2, -0.15) is 0 Å². The van der Waals surface area contributed by atoms with Crippen molar-refractivity contribution in [1.82, 2.24) is 5.32 Å². The van der Waals surface area contributed by atoms with E-state index in [0.29, 0.717) is 29.9 Å². The number of nitrogens with one attached hydrogen (secondary N) is 1. The second-order valence-corrected chi connectivity index (χ2v) is 6.59. The van der Waals surface area contributed by atoms with Gasteiger partial charge in [-0.3, -0.25) is 14.4 Å². The largest absolute Gasteiger partial charge is 0.493 e. The van der Waals surface area contributed by atoms with E-state index in [9.17, 15) is 14.4 Å². The van der Waals surface area contributed by atoms with E-state index in [2.05, 4.69) is 5.32 Å². The summed E-state index contributed by atoms with van der Waals surface area (Å²) >= 11 is 0. The van der Waals surface area contributed by atoms with Gasteiger partial charge in [0.05, 0.1) is 13.7 Å². The van der Waals surface area contributed by atoms with Gasteiger partial charge in [-0.1, -0.05) is 30.3 Å². The minimum Gasteiger partial charge on any atom is -0.493 e. The molecule has 7 nitrogen and oxygen atoms in total. The van der Waals surface area contributed by atoms with Gasteiger partial charge in [0.15, 0.2) is 17.3 Å². The zero-order chi connectivity index (χ0) is 21.2. The molecule has 0 aromatic heterocycles. The predicted molar refractivity (Wildman–Crippen MR) is 109 cm³/mol. The van der Waals surface area contributed by atoms with Crippen molar-refractivity contribution in [1.29, 1.82) is 0 Å². The summed E-state index contributed by atoms with van der Waals surface area (Å²) in [5, 5.41) is 2.67. The minimum absolute atomic E-state index is 0.0639. The van der Waals surface area contributed by atoms with Gasteiger partial charge in [-0.15, -0.1) is 0 Å². The van der Waals surface area contributed by atoms with Crippen LogP contribution in [0.4, 0.5) is 0 Å². The van der Waals surface area contributed by atoms with E-state index in [0.717, 1.165) is 5.56 Å². The Bertz CT molecular complexity index is 852. The second kappa shape index (κ2) is 10.8. The Morgan fingerprint density at radius 2 is 1.79 bits per heavy atom. The molecule has 0 bridgehead atoms. The number of nitrogens with two attached hydrogens (primary N) is 1. The lowest BCUT2D eigenvalue weighted by Crippen LogP contribution is -2.45. The Morgan fingerprint density at radius 1 is 1.07 bits per heavy atom. The third kappa shape index (κ3) is 6.95. The number of amides is 2. The topological polar surface area (TPSA) is 108 Å². The van der Waals surface area contributed by atoms with Crippen LogP contribution < -0.4 is 20.5 Å². The first kappa shape index (κ1) is 21.9. The highest BCUT2D eigenvalue weighted by molar-refractivity contribution is 5.94. The fraction of sp³-hybridized carbons (Fsp3) is 0.318. The van der Waals surface area contributed by atoms with Gasteiger partial charge >= 0.3 is 0 Å². The molecule has 0 saturated heterocycles. The maximum Gasteiger partial charge on any atom is 0.240 e. The molecule has 2 aromatic rings. The summed E-state index contributed by atoms with van der Waals surface area (Å²) in [4.78, 5) is 35.2. The first-order valence-electron chi connectivity index (χ1n) is 9.35. The molecule has 2 aromatic carbocycles. The zero-order valence-electron chi connectivity index (χ0n) is 16.6. The highest BCUT2D eigenvalue weighted by Crippen LogP contribution is 2.28. The van der Waals surface area contributed by atoms with E-state index in [1.165, 1.54) is 14.0 Å². The summed E-state index contributed by atoms with van der Waals surface area (Å²) in [5.41, 5.74) is 6.86. The van der Waals surface area contributed by atoms with Crippen LogP contribution in [0.25, 0.3) is 0 Å². The van der Waals surface area contributed by atoms with E-state index in [4.69, 9.17) is 15.2 Å². The predicted octanol–water partition coefficient (Wildman–Crippen LogP) is 2.27. The summed E-state index contributed by atoms with van der Waals surface area (Å²) in [6.45, 7) is 1.76. The van der Waals surface area contributed by atoms with Crippen molar-refractivity contribution >= 4 is 17.6 Å². The molecule has 0 spiro atoms. The van der Waals surface area contributed by atoms with Crippen molar-refractivity contribution in [3.05, 3.63) is 59.7 Å². The van der Waals surface area contributed by atoms with Crippen molar-refractivity contribution in [3.8, 4) is 11.5 Å². The third-order valence-electron chi connectivity index (χ3n) is 4.34. The summed E-state index contributed by atoms with van der Waals surface area (Å²) in [6.07, 6.45) is 0.977. The molecule has 0 saturated carbocycles. The number of rotatable bonds is 11. The highest BCUT2D eigenvalue weighted by Gasteiger charge is 2.18. The Hall–Kier alpha value is -3.35. The summed E-state index contributed by atoms with van der Waals surface area (Å²) in [7, 11) is 1.50. The number of methoxy groups -OCH3 is 1. The van der Waals surface area contributed by atoms with Crippen molar-refractivity contribution in [2.45, 2.75) is 32.2 Å². The molecule has 1 unspecified atom stereocenters. The number of carbonyl (C=O) groups excluding carboxylic acids is 3. The van der Waals surface area contributed by atoms with Crippen molar-refractivity contribution in [3.63, 3.8) is 0 Å². The molecule has 0 heterocycles. The molecule has 0 aliphatic heterocycles. The smallest absolute Gasteiger partial charge is 0.240 e. The molecule has 7 heteroatoms. The molecule has 0 radical (unpaired) electrons. The molecular formula is C22H26N2O5. The van der Waals surface area contributed by atoms with Crippen LogP contribution in [0.5, 0.6) is 11.5 Å². The SMILES string of the molecule is COc1cc(C(C)=O)ccc1OCCCC(=O)NC(Cc1ccccc1)C(N)=O. The molecule has 0 aliphatic carbocycles. The van der Waals surface area contributed by atoms with Crippen molar-refractivity contribution in [2.75, 3.05) is 13.7 Å². The summed E-state index contributed by atoms with van der Waals surface area (Å²) in [5.74, 6) is 0.0443. The van der Waals surface area contributed by atoms with Crippen LogP contribution >= 0.6 is 0 Å². The van der Waals surface area contributed by atoms with E-state index in [1.807, 2.05) is 30.3 Å². The molecular weight excluding hydrogens is 372 g/mol. The van der Waals surface area contributed by atoms with E-state index in [1.54, 1.807) is 18.2 Å². The molecule has 3 N–H and O–H groups in total. The van der Waals surface area contributed by atoms with Gasteiger partial charge in [0.25, 0.3) is 0 Å². The summed E-state index contributed by atoms with van der Waals surface area (Å²) < 4.78 is 10.9. The maximum absolute atomic E-state index is 12.2. The quantitative estimate of drug-likeness (QED) is 0.446. The van der Waals surface area contributed by atoms with Crippen molar-refractivity contribution in [2.24, 2.45) is 5.73 Å². The van der Waals surface area contributed by atoms with Crippen LogP contribution in [0.15, 0.2) is 48.5 Å². The fourth-order valence-corrected chi connectivity index (χ4v) is 2.76. The van der Waals surface area contributed by atoms with Gasteiger partial charge in [0.2, 0.25) is 11.8 Å². The molecule has 1 atom stereocenters. The second-order valence-electron chi connectivity index (χ2n) is 6.59. The van der Waals surface area contributed by atoms with E-state index < -0.39 is 11.9 Å². The Balaban J connectivity index is 1.81. The van der Waals surface area contributed by atoms with E-state index >= 15 is 0 Å². The number of hydrogen-bond donors (Lipinski definition) is 2. The Kier molecular flexibility index (Phi) is 8.21. The number of ketones is 1. The molecule has 0 fully saturated rings. The number of carbonyl (C=O) groups is 3. The van der Waals surface area contributed by atoms with Crippen LogP contribution in [0.1, 0.15) is 35.7 Å². The molecule has 29 heavy (non-hydrogen) atoms. The van der Waals surface area contributed by atoms with Gasteiger partial charge in [0.1, 0.15) is 6.04 Å². The first-order chi connectivity index (χ1) is 13.9. The van der Waals surface area contributed by atoms with Crippen LogP contribution in [0, 0.1) is 0 Å². The lowest BCUT2D eigenvalue weighted by molar-refractivity contribution is -0.127. The Labute approximate surface area is 170 Å². The number of primary amides is 1. The van der Waals surface area contributed by atoms with Crippen LogP contribution in [0.3, 0.4) is 0 Å². The van der Waals surface area contributed by atoms with E-state index in [-0.39, 0.29) is 24.7 Å². The van der Waals surface area contributed by atoms with Crippen molar-refractivity contribution < 1.29 is 23.9 Å². The first-order valence-corrected chi connectivity index (χ1v) is 9.35. The monoisotopic (exact) mass is 398 g/mol. The number of Topliss-reactive ketones (excluding diaryl/α,β-unsaturated/α-hetero) is 1.